The van der Waals surface area contributed by atoms with Gasteiger partial charge in [0, 0.05) is 11.1 Å². The van der Waals surface area contributed by atoms with Gasteiger partial charge in [0.1, 0.15) is 5.75 Å². The first-order chi connectivity index (χ1) is 18.5. The minimum atomic E-state index is -0.0554. The molecule has 2 heterocycles. The number of carbonyl (C=O) groups is 1. The molecule has 4 nitrogen and oxygen atoms in total. The summed E-state index contributed by atoms with van der Waals surface area (Å²) in [5.41, 5.74) is 10.2. The molecule has 0 aliphatic carbocycles. The normalized spacial score (nSPS) is 12.7. The van der Waals surface area contributed by atoms with Crippen LogP contribution in [0.1, 0.15) is 16.7 Å². The number of hydrogen-bond donors (Lipinski definition) is 0. The fourth-order valence-electron chi connectivity index (χ4n) is 4.76. The number of anilines is 1. The number of hydrogen-bond acceptors (Lipinski definition) is 3. The molecule has 1 aliphatic rings. The Morgan fingerprint density at radius 1 is 0.684 bits per heavy atom. The first kappa shape index (κ1) is 23.7. The SMILES string of the molecule is Cc1ccc(-c2cc(-c3ccc(C)cc3)nc(-c3ccc4c(c3)N(Cc3ccccc3)C(=O)CO4)c2)cc1. The highest BCUT2D eigenvalue weighted by Crippen LogP contribution is 2.38. The lowest BCUT2D eigenvalue weighted by atomic mass is 9.98. The second-order valence-corrected chi connectivity index (χ2v) is 9.80. The average Bonchev–Trinajstić information content (AvgIpc) is 2.95. The van der Waals surface area contributed by atoms with Gasteiger partial charge in [0.2, 0.25) is 0 Å². The Hall–Kier alpha value is -4.70. The lowest BCUT2D eigenvalue weighted by molar-refractivity contribution is -0.121. The van der Waals surface area contributed by atoms with Gasteiger partial charge in [-0.15, -0.1) is 0 Å². The summed E-state index contributed by atoms with van der Waals surface area (Å²) in [6.45, 7) is 4.71. The number of aromatic nitrogens is 1. The van der Waals surface area contributed by atoms with Gasteiger partial charge in [-0.1, -0.05) is 90.0 Å². The van der Waals surface area contributed by atoms with Crippen LogP contribution in [-0.4, -0.2) is 17.5 Å². The van der Waals surface area contributed by atoms with Gasteiger partial charge in [0.05, 0.1) is 23.6 Å². The van der Waals surface area contributed by atoms with Gasteiger partial charge in [-0.3, -0.25) is 4.79 Å². The molecule has 1 aliphatic heterocycles. The molecule has 0 N–H and O–H groups in total. The van der Waals surface area contributed by atoms with Crippen LogP contribution in [0.5, 0.6) is 5.75 Å². The third-order valence-corrected chi connectivity index (χ3v) is 6.94. The van der Waals surface area contributed by atoms with E-state index in [1.807, 2.05) is 53.4 Å². The molecular formula is C34H28N2O2. The predicted octanol–water partition coefficient (Wildman–Crippen LogP) is 7.63. The summed E-state index contributed by atoms with van der Waals surface area (Å²) < 4.78 is 5.79. The lowest BCUT2D eigenvalue weighted by Gasteiger charge is -2.30. The molecule has 4 aromatic carbocycles. The zero-order valence-corrected chi connectivity index (χ0v) is 21.5. The number of amides is 1. The number of ether oxygens (including phenoxy) is 1. The first-order valence-corrected chi connectivity index (χ1v) is 12.8. The van der Waals surface area contributed by atoms with Crippen LogP contribution in [-0.2, 0) is 11.3 Å². The van der Waals surface area contributed by atoms with Crippen molar-refractivity contribution in [2.45, 2.75) is 20.4 Å². The van der Waals surface area contributed by atoms with Gasteiger partial charge < -0.3 is 9.64 Å². The van der Waals surface area contributed by atoms with E-state index in [9.17, 15) is 4.79 Å². The molecule has 0 fully saturated rings. The molecule has 6 rings (SSSR count). The van der Waals surface area contributed by atoms with Crippen LogP contribution in [0.3, 0.4) is 0 Å². The molecule has 0 saturated carbocycles. The Kier molecular flexibility index (Phi) is 6.22. The van der Waals surface area contributed by atoms with Crippen molar-refractivity contribution in [1.29, 1.82) is 0 Å². The third-order valence-electron chi connectivity index (χ3n) is 6.94. The Bertz CT molecular complexity index is 1540. The lowest BCUT2D eigenvalue weighted by Crippen LogP contribution is -2.38. The Morgan fingerprint density at radius 2 is 1.29 bits per heavy atom. The van der Waals surface area contributed by atoms with Crippen molar-refractivity contribution in [2.75, 3.05) is 11.5 Å². The van der Waals surface area contributed by atoms with Crippen molar-refractivity contribution in [2.24, 2.45) is 0 Å². The van der Waals surface area contributed by atoms with Gasteiger partial charge in [-0.05, 0) is 60.9 Å². The monoisotopic (exact) mass is 496 g/mol. The van der Waals surface area contributed by atoms with Crippen molar-refractivity contribution < 1.29 is 9.53 Å². The van der Waals surface area contributed by atoms with Gasteiger partial charge >= 0.3 is 0 Å². The molecule has 1 aromatic heterocycles. The summed E-state index contributed by atoms with van der Waals surface area (Å²) in [4.78, 5) is 19.8. The van der Waals surface area contributed by atoms with Crippen LogP contribution in [0.2, 0.25) is 0 Å². The Morgan fingerprint density at radius 3 is 1.97 bits per heavy atom. The number of benzene rings is 4. The van der Waals surface area contributed by atoms with Crippen LogP contribution < -0.4 is 9.64 Å². The first-order valence-electron chi connectivity index (χ1n) is 12.8. The van der Waals surface area contributed by atoms with E-state index in [4.69, 9.17) is 9.72 Å². The number of aryl methyl sites for hydroxylation is 2. The average molecular weight is 497 g/mol. The number of nitrogens with zero attached hydrogens (tertiary/aromatic N) is 2. The molecule has 0 radical (unpaired) electrons. The van der Waals surface area contributed by atoms with E-state index in [0.717, 1.165) is 44.9 Å². The Labute approximate surface area is 223 Å². The minimum absolute atomic E-state index is 0.0396. The summed E-state index contributed by atoms with van der Waals surface area (Å²) in [6.07, 6.45) is 0. The zero-order chi connectivity index (χ0) is 26.1. The summed E-state index contributed by atoms with van der Waals surface area (Å²) in [5.74, 6) is 0.651. The second kappa shape index (κ2) is 9.98. The van der Waals surface area contributed by atoms with E-state index in [2.05, 4.69) is 74.5 Å². The maximum atomic E-state index is 12.9. The standard InChI is InChI=1S/C34H28N2O2/c1-23-8-12-26(13-9-23)29-18-30(27-14-10-24(2)11-15-27)35-31(19-29)28-16-17-33-32(20-28)36(34(37)22-38-33)21-25-6-4-3-5-7-25/h3-20H,21-22H2,1-2H3. The minimum Gasteiger partial charge on any atom is -0.482 e. The van der Waals surface area contributed by atoms with Crippen LogP contribution in [0, 0.1) is 13.8 Å². The molecule has 0 unspecified atom stereocenters. The smallest absolute Gasteiger partial charge is 0.265 e. The molecule has 0 saturated heterocycles. The predicted molar refractivity (Wildman–Crippen MR) is 153 cm³/mol. The van der Waals surface area contributed by atoms with Crippen molar-refractivity contribution in [3.8, 4) is 39.4 Å². The summed E-state index contributed by atoms with van der Waals surface area (Å²) in [6, 6.07) is 37.3. The van der Waals surface area contributed by atoms with E-state index in [1.165, 1.54) is 11.1 Å². The van der Waals surface area contributed by atoms with Gasteiger partial charge in [-0.2, -0.15) is 0 Å². The number of pyridine rings is 1. The van der Waals surface area contributed by atoms with Crippen molar-refractivity contribution in [3.05, 3.63) is 126 Å². The fraction of sp³-hybridized carbons (Fsp3) is 0.118. The van der Waals surface area contributed by atoms with Crippen molar-refractivity contribution in [1.82, 2.24) is 4.98 Å². The van der Waals surface area contributed by atoms with E-state index in [0.29, 0.717) is 12.3 Å². The summed E-state index contributed by atoms with van der Waals surface area (Å²) in [5, 5.41) is 0. The quantitative estimate of drug-likeness (QED) is 0.251. The molecule has 4 heteroatoms. The van der Waals surface area contributed by atoms with E-state index in [-0.39, 0.29) is 12.5 Å². The highest BCUT2D eigenvalue weighted by Gasteiger charge is 2.26. The van der Waals surface area contributed by atoms with E-state index < -0.39 is 0 Å². The largest absolute Gasteiger partial charge is 0.482 e. The molecule has 186 valence electrons. The van der Waals surface area contributed by atoms with Gasteiger partial charge in [0.15, 0.2) is 6.61 Å². The number of carbonyl (C=O) groups excluding carboxylic acids is 1. The maximum Gasteiger partial charge on any atom is 0.265 e. The van der Waals surface area contributed by atoms with Gasteiger partial charge in [-0.25, -0.2) is 4.98 Å². The van der Waals surface area contributed by atoms with Crippen LogP contribution >= 0.6 is 0 Å². The van der Waals surface area contributed by atoms with E-state index in [1.54, 1.807) is 0 Å². The molecule has 5 aromatic rings. The molecular weight excluding hydrogens is 468 g/mol. The van der Waals surface area contributed by atoms with Crippen LogP contribution in [0.25, 0.3) is 33.6 Å². The van der Waals surface area contributed by atoms with Crippen molar-refractivity contribution >= 4 is 11.6 Å². The topological polar surface area (TPSA) is 42.4 Å². The van der Waals surface area contributed by atoms with E-state index >= 15 is 0 Å². The number of fused-ring (bicyclic) bond motifs is 1. The van der Waals surface area contributed by atoms with Crippen LogP contribution in [0.15, 0.2) is 109 Å². The van der Waals surface area contributed by atoms with Crippen molar-refractivity contribution in [3.63, 3.8) is 0 Å². The molecule has 0 atom stereocenters. The molecule has 0 bridgehead atoms. The highest BCUT2D eigenvalue weighted by atomic mass is 16.5. The fourth-order valence-corrected chi connectivity index (χ4v) is 4.76. The summed E-state index contributed by atoms with van der Waals surface area (Å²) in [7, 11) is 0. The Balaban J connectivity index is 1.46. The molecule has 1 amide bonds. The zero-order valence-electron chi connectivity index (χ0n) is 21.5. The summed E-state index contributed by atoms with van der Waals surface area (Å²) >= 11 is 0. The molecule has 38 heavy (non-hydrogen) atoms. The number of rotatable bonds is 5. The maximum absolute atomic E-state index is 12.9. The van der Waals surface area contributed by atoms with Gasteiger partial charge in [0.25, 0.3) is 5.91 Å². The highest BCUT2D eigenvalue weighted by molar-refractivity contribution is 5.98. The third kappa shape index (κ3) is 4.81. The molecule has 0 spiro atoms. The second-order valence-electron chi connectivity index (χ2n) is 9.80. The van der Waals surface area contributed by atoms with Crippen LogP contribution in [0.4, 0.5) is 5.69 Å².